The highest BCUT2D eigenvalue weighted by Gasteiger charge is 2.32. The zero-order chi connectivity index (χ0) is 29.8. The van der Waals surface area contributed by atoms with Crippen molar-refractivity contribution in [3.63, 3.8) is 0 Å². The quantitative estimate of drug-likeness (QED) is 0.225. The van der Waals surface area contributed by atoms with Crippen molar-refractivity contribution in [1.29, 1.82) is 0 Å². The summed E-state index contributed by atoms with van der Waals surface area (Å²) >= 11 is 7.76. The van der Waals surface area contributed by atoms with E-state index < -0.39 is 17.7 Å². The van der Waals surface area contributed by atoms with Gasteiger partial charge in [-0.3, -0.25) is 0 Å². The lowest BCUT2D eigenvalue weighted by Crippen LogP contribution is -2.34. The van der Waals surface area contributed by atoms with Gasteiger partial charge in [-0.15, -0.1) is 21.5 Å². The van der Waals surface area contributed by atoms with Gasteiger partial charge in [0.2, 0.25) is 0 Å². The van der Waals surface area contributed by atoms with Gasteiger partial charge in [0, 0.05) is 41.0 Å². The van der Waals surface area contributed by atoms with Crippen LogP contribution in [0.1, 0.15) is 49.7 Å². The molecule has 1 aliphatic heterocycles. The van der Waals surface area contributed by atoms with Crippen LogP contribution in [0, 0.1) is 13.8 Å². The van der Waals surface area contributed by atoms with Crippen LogP contribution in [-0.2, 0) is 22.6 Å². The van der Waals surface area contributed by atoms with Crippen molar-refractivity contribution >= 4 is 44.9 Å². The Morgan fingerprint density at radius 1 is 1.07 bits per heavy atom. The van der Waals surface area contributed by atoms with Crippen LogP contribution in [0.2, 0.25) is 5.02 Å². The first-order valence-electron chi connectivity index (χ1n) is 13.7. The summed E-state index contributed by atoms with van der Waals surface area (Å²) in [6.45, 7) is 11.7. The number of carbonyl (C=O) groups is 1. The summed E-state index contributed by atoms with van der Waals surface area (Å²) in [6, 6.07) is 13.4. The minimum absolute atomic E-state index is 0.602. The first-order chi connectivity index (χ1) is 20.0. The van der Waals surface area contributed by atoms with Gasteiger partial charge in [0.15, 0.2) is 11.9 Å². The lowest BCUT2D eigenvalue weighted by atomic mass is 9.91. The second kappa shape index (κ2) is 10.8. The number of aromatic nitrogens is 5. The van der Waals surface area contributed by atoms with Gasteiger partial charge < -0.3 is 19.3 Å². The third-order valence-corrected chi connectivity index (χ3v) is 8.66. The second-order valence-corrected chi connectivity index (χ2v) is 12.9. The van der Waals surface area contributed by atoms with E-state index in [9.17, 15) is 9.90 Å². The number of ether oxygens (including phenoxy) is 1. The molecule has 9 nitrogen and oxygen atoms in total. The normalized spacial score (nSPS) is 14.3. The number of halogens is 1. The highest BCUT2D eigenvalue weighted by Crippen LogP contribution is 2.44. The molecule has 1 aliphatic rings. The molecule has 2 aromatic carbocycles. The Hall–Kier alpha value is -3.86. The molecule has 0 amide bonds. The molecule has 216 valence electrons. The van der Waals surface area contributed by atoms with Crippen LogP contribution in [0.25, 0.3) is 31.9 Å². The number of carboxylic acid groups (broad SMARTS) is 1. The number of benzene rings is 2. The minimum Gasteiger partial charge on any atom is -0.479 e. The van der Waals surface area contributed by atoms with Crippen molar-refractivity contribution in [3.05, 3.63) is 76.5 Å². The molecule has 11 heteroatoms. The number of nitrogens with zero attached hydrogens (tertiary/aromatic N) is 6. The molecule has 3 aromatic heterocycles. The number of rotatable bonds is 6. The molecule has 1 N–H and O–H groups in total. The van der Waals surface area contributed by atoms with Crippen molar-refractivity contribution < 1.29 is 14.6 Å². The number of hydrogen-bond acceptors (Lipinski definition) is 8. The fourth-order valence-corrected chi connectivity index (χ4v) is 6.63. The summed E-state index contributed by atoms with van der Waals surface area (Å²) in [5.41, 5.74) is 4.11. The summed E-state index contributed by atoms with van der Waals surface area (Å²) in [5, 5.41) is 20.3. The van der Waals surface area contributed by atoms with E-state index in [-0.39, 0.29) is 0 Å². The zero-order valence-corrected chi connectivity index (χ0v) is 25.6. The molecular formula is C31H31ClN6O3S. The van der Waals surface area contributed by atoms with Gasteiger partial charge in [-0.2, -0.15) is 0 Å². The molecule has 4 heterocycles. The van der Waals surface area contributed by atoms with E-state index in [0.717, 1.165) is 68.0 Å². The van der Waals surface area contributed by atoms with Gasteiger partial charge in [0.05, 0.1) is 22.4 Å². The average molecular weight is 603 g/mol. The molecule has 0 unspecified atom stereocenters. The van der Waals surface area contributed by atoms with E-state index in [1.807, 2.05) is 71.0 Å². The van der Waals surface area contributed by atoms with Crippen molar-refractivity contribution in [2.75, 3.05) is 11.4 Å². The highest BCUT2D eigenvalue weighted by molar-refractivity contribution is 7.22. The van der Waals surface area contributed by atoms with Crippen LogP contribution in [0.4, 0.5) is 5.82 Å². The third kappa shape index (κ3) is 5.37. The summed E-state index contributed by atoms with van der Waals surface area (Å²) in [4.78, 5) is 24.5. The number of hydrogen-bond donors (Lipinski definition) is 1. The average Bonchev–Trinajstić information content (AvgIpc) is 3.54. The number of thiazole rings is 1. The first kappa shape index (κ1) is 28.3. The monoisotopic (exact) mass is 602 g/mol. The van der Waals surface area contributed by atoms with Gasteiger partial charge in [0.1, 0.15) is 16.6 Å². The highest BCUT2D eigenvalue weighted by atomic mass is 35.5. The Balaban J connectivity index is 1.47. The summed E-state index contributed by atoms with van der Waals surface area (Å²) in [6.07, 6.45) is 0.637. The van der Waals surface area contributed by atoms with Crippen molar-refractivity contribution in [1.82, 2.24) is 24.7 Å². The van der Waals surface area contributed by atoms with E-state index in [0.29, 0.717) is 17.1 Å². The Bertz CT molecular complexity index is 1810. The molecule has 0 saturated carbocycles. The van der Waals surface area contributed by atoms with Gasteiger partial charge in [0.25, 0.3) is 0 Å². The largest absolute Gasteiger partial charge is 0.479 e. The predicted octanol–water partition coefficient (Wildman–Crippen LogP) is 6.85. The lowest BCUT2D eigenvalue weighted by molar-refractivity contribution is -0.160. The maximum atomic E-state index is 12.6. The third-order valence-electron chi connectivity index (χ3n) is 7.27. The smallest absolute Gasteiger partial charge is 0.337 e. The number of anilines is 1. The van der Waals surface area contributed by atoms with E-state index in [1.165, 1.54) is 11.3 Å². The Morgan fingerprint density at radius 2 is 1.83 bits per heavy atom. The SMILES string of the molecule is Cc1cc2nc(-c3ccnc(N4CCn5c(C)nnc5C4)c3)sc2c(-c2ccc(Cl)cc2)c1[C@H](OC(C)(C)C)C(=O)O. The van der Waals surface area contributed by atoms with Crippen LogP contribution in [0.15, 0.2) is 48.7 Å². The van der Waals surface area contributed by atoms with Crippen molar-refractivity contribution in [3.8, 4) is 21.7 Å². The fourth-order valence-electron chi connectivity index (χ4n) is 5.39. The molecule has 5 aromatic rings. The van der Waals surface area contributed by atoms with Crippen LogP contribution in [0.5, 0.6) is 0 Å². The van der Waals surface area contributed by atoms with Gasteiger partial charge in [-0.25, -0.2) is 14.8 Å². The van der Waals surface area contributed by atoms with Crippen molar-refractivity contribution in [2.45, 2.75) is 59.4 Å². The topological polar surface area (TPSA) is 106 Å². The molecule has 42 heavy (non-hydrogen) atoms. The fraction of sp³-hybridized carbons (Fsp3) is 0.323. The van der Waals surface area contributed by atoms with E-state index in [4.69, 9.17) is 21.3 Å². The van der Waals surface area contributed by atoms with Crippen LogP contribution >= 0.6 is 22.9 Å². The Labute approximate surface area is 252 Å². The minimum atomic E-state index is -1.16. The van der Waals surface area contributed by atoms with E-state index in [1.54, 1.807) is 6.20 Å². The number of pyridine rings is 1. The van der Waals surface area contributed by atoms with Crippen LogP contribution in [0.3, 0.4) is 0 Å². The summed E-state index contributed by atoms with van der Waals surface area (Å²) in [5.74, 6) is 1.65. The zero-order valence-electron chi connectivity index (χ0n) is 24.1. The predicted molar refractivity (Wildman–Crippen MR) is 165 cm³/mol. The summed E-state index contributed by atoms with van der Waals surface area (Å²) in [7, 11) is 0. The summed E-state index contributed by atoms with van der Waals surface area (Å²) < 4.78 is 9.16. The molecule has 0 fully saturated rings. The first-order valence-corrected chi connectivity index (χ1v) is 14.9. The van der Waals surface area contributed by atoms with Crippen LogP contribution in [-0.4, -0.2) is 48.0 Å². The number of carboxylic acids is 1. The molecule has 0 radical (unpaired) electrons. The molecule has 0 aliphatic carbocycles. The van der Waals surface area contributed by atoms with Gasteiger partial charge >= 0.3 is 5.97 Å². The molecule has 0 saturated heterocycles. The van der Waals surface area contributed by atoms with Gasteiger partial charge in [-0.05, 0) is 76.1 Å². The Morgan fingerprint density at radius 3 is 2.55 bits per heavy atom. The number of fused-ring (bicyclic) bond motifs is 2. The number of aliphatic carboxylic acids is 1. The molecular weight excluding hydrogens is 572 g/mol. The number of aryl methyl sites for hydroxylation is 2. The Kier molecular flexibility index (Phi) is 7.24. The molecule has 1 atom stereocenters. The molecule has 6 rings (SSSR count). The van der Waals surface area contributed by atoms with E-state index >= 15 is 0 Å². The van der Waals surface area contributed by atoms with Crippen molar-refractivity contribution in [2.24, 2.45) is 0 Å². The van der Waals surface area contributed by atoms with E-state index in [2.05, 4.69) is 30.7 Å². The lowest BCUT2D eigenvalue weighted by Gasteiger charge is -2.28. The van der Waals surface area contributed by atoms with Crippen LogP contribution < -0.4 is 4.90 Å². The maximum Gasteiger partial charge on any atom is 0.337 e. The van der Waals surface area contributed by atoms with Gasteiger partial charge in [-0.1, -0.05) is 23.7 Å². The molecule has 0 bridgehead atoms. The maximum absolute atomic E-state index is 12.6. The molecule has 0 spiro atoms. The second-order valence-electron chi connectivity index (χ2n) is 11.4. The standard InChI is InChI=1S/C31H31ClN6O3S/c1-17-14-22-28(26(19-6-8-21(32)9-7-19)25(17)27(30(39)40)41-31(3,4)5)42-29(34-22)20-10-11-33-23(15-20)37-12-13-38-18(2)35-36-24(38)16-37/h6-11,14-15,27H,12-13,16H2,1-5H3,(H,39,40)/t27-/m0/s1.